The highest BCUT2D eigenvalue weighted by Gasteiger charge is 2.32. The molecule has 4 rings (SSSR count). The fourth-order valence-corrected chi connectivity index (χ4v) is 4.79. The van der Waals surface area contributed by atoms with Crippen molar-refractivity contribution in [3.05, 3.63) is 89.5 Å². The number of carbonyl (C=O) groups excluding carboxylic acids is 3. The Hall–Kier alpha value is -3.97. The summed E-state index contributed by atoms with van der Waals surface area (Å²) < 4.78 is 0. The van der Waals surface area contributed by atoms with E-state index in [0.717, 1.165) is 33.5 Å². The minimum Gasteiger partial charge on any atom is -0.369 e. The summed E-state index contributed by atoms with van der Waals surface area (Å²) in [6.45, 7) is 3.95. The summed E-state index contributed by atoms with van der Waals surface area (Å²) in [5.74, 6) is -0.737. The number of hydrogen-bond donors (Lipinski definition) is 3. The SMILES string of the molecule is CC(C)(N)CC(=O)N[C@@H]1CCc2ccccc2N(Cc2ccc(-c3ccccc3CC(N)=O)cc2)C1=O. The van der Waals surface area contributed by atoms with E-state index in [4.69, 9.17) is 11.5 Å². The largest absolute Gasteiger partial charge is 0.369 e. The van der Waals surface area contributed by atoms with Crippen LogP contribution in [0.2, 0.25) is 0 Å². The molecule has 1 aliphatic rings. The molecule has 192 valence electrons. The molecule has 5 N–H and O–H groups in total. The minimum absolute atomic E-state index is 0.135. The molecular weight excluding hydrogens is 464 g/mol. The van der Waals surface area contributed by atoms with Crippen LogP contribution < -0.4 is 21.7 Å². The van der Waals surface area contributed by atoms with Gasteiger partial charge in [0.1, 0.15) is 6.04 Å². The van der Waals surface area contributed by atoms with E-state index in [1.165, 1.54) is 0 Å². The summed E-state index contributed by atoms with van der Waals surface area (Å²) >= 11 is 0. The van der Waals surface area contributed by atoms with E-state index in [-0.39, 0.29) is 30.6 Å². The lowest BCUT2D eigenvalue weighted by Crippen LogP contribution is -2.49. The van der Waals surface area contributed by atoms with Crippen LogP contribution in [0.5, 0.6) is 0 Å². The summed E-state index contributed by atoms with van der Waals surface area (Å²) in [5.41, 5.74) is 16.5. The number of carbonyl (C=O) groups is 3. The summed E-state index contributed by atoms with van der Waals surface area (Å²) in [6.07, 6.45) is 1.53. The van der Waals surface area contributed by atoms with Crippen LogP contribution in [0.3, 0.4) is 0 Å². The third kappa shape index (κ3) is 6.62. The summed E-state index contributed by atoms with van der Waals surface area (Å²) in [7, 11) is 0. The van der Waals surface area contributed by atoms with Crippen LogP contribution in [0.15, 0.2) is 72.8 Å². The maximum Gasteiger partial charge on any atom is 0.249 e. The van der Waals surface area contributed by atoms with Crippen molar-refractivity contribution in [3.63, 3.8) is 0 Å². The van der Waals surface area contributed by atoms with Crippen molar-refractivity contribution in [1.82, 2.24) is 5.32 Å². The van der Waals surface area contributed by atoms with Gasteiger partial charge in [-0.05, 0) is 60.6 Å². The van der Waals surface area contributed by atoms with Gasteiger partial charge >= 0.3 is 0 Å². The lowest BCUT2D eigenvalue weighted by Gasteiger charge is -2.27. The molecule has 0 spiro atoms. The molecule has 3 aromatic rings. The molecule has 3 amide bonds. The number of aryl methyl sites for hydroxylation is 1. The molecule has 0 saturated heterocycles. The number of hydrogen-bond acceptors (Lipinski definition) is 4. The van der Waals surface area contributed by atoms with Crippen LogP contribution in [0, 0.1) is 0 Å². The molecule has 3 aromatic carbocycles. The van der Waals surface area contributed by atoms with Gasteiger partial charge in [0, 0.05) is 17.6 Å². The maximum absolute atomic E-state index is 13.7. The quantitative estimate of drug-likeness (QED) is 0.441. The van der Waals surface area contributed by atoms with Crippen molar-refractivity contribution >= 4 is 23.4 Å². The molecule has 0 aromatic heterocycles. The highest BCUT2D eigenvalue weighted by Crippen LogP contribution is 2.30. The number of primary amides is 1. The minimum atomic E-state index is -0.654. The Morgan fingerprint density at radius 1 is 1.00 bits per heavy atom. The van der Waals surface area contributed by atoms with Gasteiger partial charge in [0.05, 0.1) is 13.0 Å². The lowest BCUT2D eigenvalue weighted by atomic mass is 9.96. The average molecular weight is 499 g/mol. The number of fused-ring (bicyclic) bond motifs is 1. The Morgan fingerprint density at radius 2 is 1.68 bits per heavy atom. The molecule has 7 heteroatoms. The molecule has 37 heavy (non-hydrogen) atoms. The van der Waals surface area contributed by atoms with E-state index in [9.17, 15) is 14.4 Å². The van der Waals surface area contributed by atoms with Gasteiger partial charge < -0.3 is 21.7 Å². The maximum atomic E-state index is 13.7. The molecular formula is C30H34N4O3. The second-order valence-corrected chi connectivity index (χ2v) is 10.4. The van der Waals surface area contributed by atoms with Crippen LogP contribution >= 0.6 is 0 Å². The lowest BCUT2D eigenvalue weighted by molar-refractivity contribution is -0.128. The Bertz CT molecular complexity index is 1290. The first-order valence-corrected chi connectivity index (χ1v) is 12.5. The number of benzene rings is 3. The number of nitrogens with zero attached hydrogens (tertiary/aromatic N) is 1. The molecule has 1 aliphatic heterocycles. The van der Waals surface area contributed by atoms with Crippen molar-refractivity contribution in [1.29, 1.82) is 0 Å². The van der Waals surface area contributed by atoms with Crippen LogP contribution in [0.4, 0.5) is 5.69 Å². The van der Waals surface area contributed by atoms with Gasteiger partial charge in [-0.25, -0.2) is 0 Å². The summed E-state index contributed by atoms with van der Waals surface area (Å²) in [5, 5.41) is 2.92. The Kier molecular flexibility index (Phi) is 7.74. The van der Waals surface area contributed by atoms with Crippen LogP contribution in [-0.2, 0) is 33.8 Å². The monoisotopic (exact) mass is 498 g/mol. The third-order valence-corrected chi connectivity index (χ3v) is 6.49. The molecule has 0 saturated carbocycles. The molecule has 1 atom stereocenters. The van der Waals surface area contributed by atoms with E-state index in [0.29, 0.717) is 19.4 Å². The molecule has 0 bridgehead atoms. The van der Waals surface area contributed by atoms with Crippen molar-refractivity contribution in [3.8, 4) is 11.1 Å². The van der Waals surface area contributed by atoms with E-state index < -0.39 is 11.6 Å². The van der Waals surface area contributed by atoms with Crippen LogP contribution in [-0.4, -0.2) is 29.3 Å². The van der Waals surface area contributed by atoms with Crippen LogP contribution in [0.1, 0.15) is 43.4 Å². The molecule has 1 heterocycles. The summed E-state index contributed by atoms with van der Waals surface area (Å²) in [4.78, 5) is 39.5. The van der Waals surface area contributed by atoms with Gasteiger partial charge in [-0.15, -0.1) is 0 Å². The van der Waals surface area contributed by atoms with Gasteiger partial charge in [-0.2, -0.15) is 0 Å². The van der Waals surface area contributed by atoms with E-state index in [2.05, 4.69) is 5.32 Å². The normalized spacial score (nSPS) is 15.6. The van der Waals surface area contributed by atoms with Crippen molar-refractivity contribution in [2.75, 3.05) is 4.90 Å². The van der Waals surface area contributed by atoms with Crippen molar-refractivity contribution < 1.29 is 14.4 Å². The first kappa shape index (κ1) is 26.1. The van der Waals surface area contributed by atoms with Gasteiger partial charge in [-0.3, -0.25) is 14.4 Å². The Morgan fingerprint density at radius 3 is 2.38 bits per heavy atom. The Balaban J connectivity index is 1.58. The van der Waals surface area contributed by atoms with E-state index >= 15 is 0 Å². The topological polar surface area (TPSA) is 119 Å². The van der Waals surface area contributed by atoms with E-state index in [1.54, 1.807) is 18.7 Å². The predicted octanol–water partition coefficient (Wildman–Crippen LogP) is 3.47. The van der Waals surface area contributed by atoms with Gasteiger partial charge in [0.2, 0.25) is 17.7 Å². The zero-order chi connectivity index (χ0) is 26.6. The standard InChI is InChI=1S/C30H34N4O3/c1-30(2,32)18-28(36)33-25-16-15-22-7-4-6-10-26(22)34(29(25)37)19-20-11-13-21(14-12-20)24-9-5-3-8-23(24)17-27(31)35/h3-14,25H,15-19,32H2,1-2H3,(H2,31,35)(H,33,36)/t25-/m1/s1. The van der Waals surface area contributed by atoms with Crippen molar-refractivity contribution in [2.24, 2.45) is 11.5 Å². The molecule has 0 unspecified atom stereocenters. The number of rotatable bonds is 8. The number of nitrogens with two attached hydrogens (primary N) is 2. The van der Waals surface area contributed by atoms with Gasteiger partial charge in [0.15, 0.2) is 0 Å². The number of para-hydroxylation sites is 1. The fourth-order valence-electron chi connectivity index (χ4n) is 4.79. The van der Waals surface area contributed by atoms with Crippen LogP contribution in [0.25, 0.3) is 11.1 Å². The average Bonchev–Trinajstić information content (AvgIpc) is 2.96. The zero-order valence-corrected chi connectivity index (χ0v) is 21.4. The highest BCUT2D eigenvalue weighted by atomic mass is 16.2. The zero-order valence-electron chi connectivity index (χ0n) is 21.4. The summed E-state index contributed by atoms with van der Waals surface area (Å²) in [6, 6.07) is 22.9. The molecule has 0 radical (unpaired) electrons. The van der Waals surface area contributed by atoms with E-state index in [1.807, 2.05) is 72.8 Å². The third-order valence-electron chi connectivity index (χ3n) is 6.49. The molecule has 0 fully saturated rings. The number of anilines is 1. The fraction of sp³-hybridized carbons (Fsp3) is 0.300. The first-order valence-electron chi connectivity index (χ1n) is 12.5. The predicted molar refractivity (Wildman–Crippen MR) is 146 cm³/mol. The molecule has 7 nitrogen and oxygen atoms in total. The highest BCUT2D eigenvalue weighted by molar-refractivity contribution is 6.00. The number of amides is 3. The van der Waals surface area contributed by atoms with Gasteiger partial charge in [-0.1, -0.05) is 66.7 Å². The number of nitrogens with one attached hydrogen (secondary N) is 1. The Labute approximate surface area is 217 Å². The second-order valence-electron chi connectivity index (χ2n) is 10.4. The second kappa shape index (κ2) is 11.0. The molecule has 0 aliphatic carbocycles. The smallest absolute Gasteiger partial charge is 0.249 e. The first-order chi connectivity index (χ1) is 17.6. The van der Waals surface area contributed by atoms with Crippen molar-refractivity contribution in [2.45, 2.75) is 57.7 Å². The van der Waals surface area contributed by atoms with Gasteiger partial charge in [0.25, 0.3) is 0 Å².